The van der Waals surface area contributed by atoms with E-state index < -0.39 is 0 Å². The van der Waals surface area contributed by atoms with E-state index in [0.717, 1.165) is 12.1 Å². The predicted octanol–water partition coefficient (Wildman–Crippen LogP) is 3.72. The average molecular weight is 286 g/mol. The van der Waals surface area contributed by atoms with Crippen LogP contribution in [-0.2, 0) is 13.0 Å². The maximum Gasteiger partial charge on any atom is 0.258 e. The number of hydrogen-bond donors (Lipinski definition) is 2. The SMILES string of the molecule is CCCCCc1ccc(NC(=O)c2coc(CN)c2)cc1. The lowest BCUT2D eigenvalue weighted by Crippen LogP contribution is -2.10. The van der Waals surface area contributed by atoms with E-state index >= 15 is 0 Å². The van der Waals surface area contributed by atoms with E-state index in [1.807, 2.05) is 12.1 Å². The topological polar surface area (TPSA) is 68.3 Å². The number of benzene rings is 1. The second kappa shape index (κ2) is 7.64. The molecule has 0 aliphatic rings. The van der Waals surface area contributed by atoms with Crippen LogP contribution in [-0.4, -0.2) is 5.91 Å². The molecule has 0 unspecified atom stereocenters. The maximum atomic E-state index is 12.0. The largest absolute Gasteiger partial charge is 0.467 e. The third-order valence-corrected chi connectivity index (χ3v) is 3.40. The van der Waals surface area contributed by atoms with Gasteiger partial charge in [-0.25, -0.2) is 0 Å². The number of unbranched alkanes of at least 4 members (excludes halogenated alkanes) is 2. The molecule has 0 saturated carbocycles. The molecule has 4 heteroatoms. The van der Waals surface area contributed by atoms with E-state index in [1.165, 1.54) is 31.1 Å². The highest BCUT2D eigenvalue weighted by molar-refractivity contribution is 6.04. The molecular weight excluding hydrogens is 264 g/mol. The van der Waals surface area contributed by atoms with Crippen molar-refractivity contribution < 1.29 is 9.21 Å². The van der Waals surface area contributed by atoms with Crippen molar-refractivity contribution in [2.45, 2.75) is 39.2 Å². The smallest absolute Gasteiger partial charge is 0.258 e. The molecule has 0 saturated heterocycles. The van der Waals surface area contributed by atoms with Gasteiger partial charge in [0.05, 0.1) is 12.1 Å². The molecule has 0 spiro atoms. The molecule has 0 radical (unpaired) electrons. The number of anilines is 1. The number of carbonyl (C=O) groups is 1. The molecule has 4 nitrogen and oxygen atoms in total. The molecule has 1 amide bonds. The second-order valence-electron chi connectivity index (χ2n) is 5.11. The van der Waals surface area contributed by atoms with Crippen LogP contribution < -0.4 is 11.1 Å². The minimum Gasteiger partial charge on any atom is -0.467 e. The lowest BCUT2D eigenvalue weighted by atomic mass is 10.1. The summed E-state index contributed by atoms with van der Waals surface area (Å²) in [5.74, 6) is 0.420. The Labute approximate surface area is 125 Å². The van der Waals surface area contributed by atoms with Crippen molar-refractivity contribution in [3.8, 4) is 0 Å². The molecule has 2 aromatic rings. The zero-order chi connectivity index (χ0) is 15.1. The van der Waals surface area contributed by atoms with Gasteiger partial charge in [0.15, 0.2) is 0 Å². The molecule has 1 aromatic carbocycles. The van der Waals surface area contributed by atoms with Gasteiger partial charge in [-0.05, 0) is 36.6 Å². The minimum absolute atomic E-state index is 0.183. The Morgan fingerprint density at radius 2 is 2.00 bits per heavy atom. The zero-order valence-corrected chi connectivity index (χ0v) is 12.4. The van der Waals surface area contributed by atoms with Gasteiger partial charge in [0.25, 0.3) is 5.91 Å². The lowest BCUT2D eigenvalue weighted by Gasteiger charge is -2.05. The summed E-state index contributed by atoms with van der Waals surface area (Å²) in [5, 5.41) is 2.85. The molecule has 0 atom stereocenters. The van der Waals surface area contributed by atoms with E-state index in [1.54, 1.807) is 6.07 Å². The van der Waals surface area contributed by atoms with E-state index in [0.29, 0.717) is 17.9 Å². The summed E-state index contributed by atoms with van der Waals surface area (Å²) in [6.45, 7) is 2.49. The summed E-state index contributed by atoms with van der Waals surface area (Å²) in [4.78, 5) is 12.0. The third kappa shape index (κ3) is 4.46. The molecule has 1 aromatic heterocycles. The van der Waals surface area contributed by atoms with E-state index in [2.05, 4.69) is 24.4 Å². The summed E-state index contributed by atoms with van der Waals surface area (Å²) in [5.41, 5.74) is 8.03. The highest BCUT2D eigenvalue weighted by Crippen LogP contribution is 2.14. The predicted molar refractivity (Wildman–Crippen MR) is 84.2 cm³/mol. The number of furan rings is 1. The number of amides is 1. The first kappa shape index (κ1) is 15.3. The summed E-state index contributed by atoms with van der Waals surface area (Å²) in [6, 6.07) is 9.65. The van der Waals surface area contributed by atoms with Crippen LogP contribution in [0.3, 0.4) is 0 Å². The number of rotatable bonds is 7. The molecule has 3 N–H and O–H groups in total. The van der Waals surface area contributed by atoms with Crippen molar-refractivity contribution in [1.82, 2.24) is 0 Å². The van der Waals surface area contributed by atoms with Gasteiger partial charge in [-0.1, -0.05) is 31.9 Å². The molecule has 0 bridgehead atoms. The standard InChI is InChI=1S/C17H22N2O2/c1-2-3-4-5-13-6-8-15(9-7-13)19-17(20)14-10-16(11-18)21-12-14/h6-10,12H,2-5,11,18H2,1H3,(H,19,20). The average Bonchev–Trinajstić information content (AvgIpc) is 2.98. The molecule has 0 aliphatic carbocycles. The van der Waals surface area contributed by atoms with E-state index in [4.69, 9.17) is 10.2 Å². The van der Waals surface area contributed by atoms with Crippen LogP contribution in [0.5, 0.6) is 0 Å². The van der Waals surface area contributed by atoms with Gasteiger partial charge in [0.1, 0.15) is 12.0 Å². The van der Waals surface area contributed by atoms with Gasteiger partial charge in [-0.2, -0.15) is 0 Å². The monoisotopic (exact) mass is 286 g/mol. The Kier molecular flexibility index (Phi) is 5.58. The van der Waals surface area contributed by atoms with Gasteiger partial charge < -0.3 is 15.5 Å². The van der Waals surface area contributed by atoms with Crippen molar-refractivity contribution in [2.24, 2.45) is 5.73 Å². The molecule has 0 aliphatic heterocycles. The Hall–Kier alpha value is -2.07. The van der Waals surface area contributed by atoms with Crippen LogP contribution in [0.4, 0.5) is 5.69 Å². The normalized spacial score (nSPS) is 10.6. The van der Waals surface area contributed by atoms with Crippen LogP contribution in [0, 0.1) is 0 Å². The summed E-state index contributed by atoms with van der Waals surface area (Å²) in [7, 11) is 0. The zero-order valence-electron chi connectivity index (χ0n) is 12.4. The highest BCUT2D eigenvalue weighted by atomic mass is 16.3. The van der Waals surface area contributed by atoms with Gasteiger partial charge in [0, 0.05) is 5.69 Å². The van der Waals surface area contributed by atoms with Crippen LogP contribution >= 0.6 is 0 Å². The Bertz CT molecular complexity index is 573. The number of nitrogens with one attached hydrogen (secondary N) is 1. The molecule has 0 fully saturated rings. The molecule has 112 valence electrons. The number of carbonyl (C=O) groups excluding carboxylic acids is 1. The lowest BCUT2D eigenvalue weighted by molar-refractivity contribution is 0.102. The van der Waals surface area contributed by atoms with Gasteiger partial charge in [-0.3, -0.25) is 4.79 Å². The Morgan fingerprint density at radius 1 is 1.24 bits per heavy atom. The quantitative estimate of drug-likeness (QED) is 0.762. The third-order valence-electron chi connectivity index (χ3n) is 3.40. The van der Waals surface area contributed by atoms with Crippen molar-refractivity contribution in [3.63, 3.8) is 0 Å². The maximum absolute atomic E-state index is 12.0. The first-order valence-electron chi connectivity index (χ1n) is 7.40. The molecule has 2 rings (SSSR count). The van der Waals surface area contributed by atoms with Crippen LogP contribution in [0.2, 0.25) is 0 Å². The van der Waals surface area contributed by atoms with Gasteiger partial charge in [0.2, 0.25) is 0 Å². The van der Waals surface area contributed by atoms with Crippen molar-refractivity contribution in [1.29, 1.82) is 0 Å². The van der Waals surface area contributed by atoms with Gasteiger partial charge in [-0.15, -0.1) is 0 Å². The van der Waals surface area contributed by atoms with E-state index in [9.17, 15) is 4.79 Å². The van der Waals surface area contributed by atoms with Crippen LogP contribution in [0.1, 0.15) is 47.9 Å². The van der Waals surface area contributed by atoms with E-state index in [-0.39, 0.29) is 5.91 Å². The Balaban J connectivity index is 1.91. The molecule has 21 heavy (non-hydrogen) atoms. The summed E-state index contributed by atoms with van der Waals surface area (Å²) < 4.78 is 5.16. The highest BCUT2D eigenvalue weighted by Gasteiger charge is 2.09. The van der Waals surface area contributed by atoms with Crippen molar-refractivity contribution >= 4 is 11.6 Å². The fourth-order valence-electron chi connectivity index (χ4n) is 2.14. The summed E-state index contributed by atoms with van der Waals surface area (Å²) >= 11 is 0. The fraction of sp³-hybridized carbons (Fsp3) is 0.353. The second-order valence-corrected chi connectivity index (χ2v) is 5.11. The molecular formula is C17H22N2O2. The fourth-order valence-corrected chi connectivity index (χ4v) is 2.14. The minimum atomic E-state index is -0.183. The first-order valence-corrected chi connectivity index (χ1v) is 7.40. The number of aryl methyl sites for hydroxylation is 1. The first-order chi connectivity index (χ1) is 10.2. The van der Waals surface area contributed by atoms with Crippen molar-refractivity contribution in [2.75, 3.05) is 5.32 Å². The number of hydrogen-bond acceptors (Lipinski definition) is 3. The van der Waals surface area contributed by atoms with Gasteiger partial charge >= 0.3 is 0 Å². The number of nitrogens with two attached hydrogens (primary N) is 1. The molecule has 1 heterocycles. The Morgan fingerprint density at radius 3 is 2.62 bits per heavy atom. The van der Waals surface area contributed by atoms with Crippen LogP contribution in [0.25, 0.3) is 0 Å². The van der Waals surface area contributed by atoms with Crippen LogP contribution in [0.15, 0.2) is 41.0 Å². The summed E-state index contributed by atoms with van der Waals surface area (Å²) in [6.07, 6.45) is 6.20. The van der Waals surface area contributed by atoms with Crippen molar-refractivity contribution in [3.05, 3.63) is 53.5 Å².